The molecule has 1 aliphatic carbocycles. The zero-order valence-corrected chi connectivity index (χ0v) is 14.1. The highest BCUT2D eigenvalue weighted by Gasteiger charge is 2.28. The van der Waals surface area contributed by atoms with Gasteiger partial charge in [-0.2, -0.15) is 0 Å². The number of carbonyl (C=O) groups excluding carboxylic acids is 1. The first-order valence-corrected chi connectivity index (χ1v) is 8.91. The molecule has 1 fully saturated rings. The van der Waals surface area contributed by atoms with Gasteiger partial charge in [-0.15, -0.1) is 10.2 Å². The Labute approximate surface area is 139 Å². The lowest BCUT2D eigenvalue weighted by atomic mass is 9.78. The second-order valence-electron chi connectivity index (χ2n) is 6.08. The summed E-state index contributed by atoms with van der Waals surface area (Å²) in [6, 6.07) is 3.78. The second-order valence-corrected chi connectivity index (χ2v) is 7.01. The van der Waals surface area contributed by atoms with Gasteiger partial charge in [-0.05, 0) is 30.4 Å². The molecule has 2 aromatic rings. The van der Waals surface area contributed by atoms with Crippen molar-refractivity contribution in [2.75, 3.05) is 5.75 Å². The van der Waals surface area contributed by atoms with Crippen molar-refractivity contribution in [3.05, 3.63) is 18.4 Å². The van der Waals surface area contributed by atoms with Crippen molar-refractivity contribution in [2.24, 2.45) is 11.8 Å². The van der Waals surface area contributed by atoms with E-state index in [1.165, 1.54) is 24.6 Å². The van der Waals surface area contributed by atoms with Crippen LogP contribution in [0.2, 0.25) is 0 Å². The molecule has 7 heteroatoms. The fraction of sp³-hybridized carbons (Fsp3) is 0.562. The SMILES string of the molecule is C[C@@H]1[C@H](C)CCC[C@H]1NC(=O)CSc1nnc(-c2ccco2)o1. The van der Waals surface area contributed by atoms with Crippen molar-refractivity contribution in [3.63, 3.8) is 0 Å². The van der Waals surface area contributed by atoms with Gasteiger partial charge in [-0.25, -0.2) is 0 Å². The first-order chi connectivity index (χ1) is 11.1. The van der Waals surface area contributed by atoms with E-state index in [9.17, 15) is 4.79 Å². The Morgan fingerprint density at radius 3 is 3.04 bits per heavy atom. The van der Waals surface area contributed by atoms with Crippen molar-refractivity contribution in [1.82, 2.24) is 15.5 Å². The number of furan rings is 1. The molecule has 1 saturated carbocycles. The van der Waals surface area contributed by atoms with Crippen LogP contribution in [-0.4, -0.2) is 27.9 Å². The van der Waals surface area contributed by atoms with Crippen LogP contribution in [0.15, 0.2) is 32.5 Å². The van der Waals surface area contributed by atoms with E-state index in [-0.39, 0.29) is 17.7 Å². The van der Waals surface area contributed by atoms with E-state index in [0.29, 0.717) is 28.7 Å². The average molecular weight is 335 g/mol. The molecule has 0 radical (unpaired) electrons. The van der Waals surface area contributed by atoms with Crippen molar-refractivity contribution in [1.29, 1.82) is 0 Å². The maximum absolute atomic E-state index is 12.1. The molecule has 1 aliphatic rings. The smallest absolute Gasteiger partial charge is 0.284 e. The van der Waals surface area contributed by atoms with Gasteiger partial charge in [0.25, 0.3) is 11.1 Å². The second kappa shape index (κ2) is 7.21. The Balaban J connectivity index is 1.49. The third-order valence-corrected chi connectivity index (χ3v) is 5.34. The minimum Gasteiger partial charge on any atom is -0.459 e. The van der Waals surface area contributed by atoms with Crippen molar-refractivity contribution < 1.29 is 13.6 Å². The molecule has 0 unspecified atom stereocenters. The minimum atomic E-state index is 0.0127. The number of carbonyl (C=O) groups is 1. The van der Waals surface area contributed by atoms with Crippen LogP contribution in [0.25, 0.3) is 11.7 Å². The summed E-state index contributed by atoms with van der Waals surface area (Å²) < 4.78 is 10.7. The van der Waals surface area contributed by atoms with E-state index < -0.39 is 0 Å². The Kier molecular flexibility index (Phi) is 5.05. The maximum Gasteiger partial charge on any atom is 0.284 e. The highest BCUT2D eigenvalue weighted by molar-refractivity contribution is 7.99. The van der Waals surface area contributed by atoms with Gasteiger partial charge in [-0.3, -0.25) is 4.79 Å². The summed E-state index contributed by atoms with van der Waals surface area (Å²) in [6.07, 6.45) is 5.04. The fourth-order valence-corrected chi connectivity index (χ4v) is 3.50. The van der Waals surface area contributed by atoms with Gasteiger partial charge >= 0.3 is 0 Å². The van der Waals surface area contributed by atoms with Gasteiger partial charge in [-0.1, -0.05) is 38.5 Å². The van der Waals surface area contributed by atoms with E-state index in [0.717, 1.165) is 6.42 Å². The standard InChI is InChI=1S/C16H21N3O3S/c1-10-5-3-6-12(11(10)2)17-14(20)9-23-16-19-18-15(22-16)13-7-4-8-21-13/h4,7-8,10-12H,3,5-6,9H2,1-2H3,(H,17,20)/t10-,11-,12-/m1/s1. The van der Waals surface area contributed by atoms with Crippen LogP contribution < -0.4 is 5.32 Å². The molecule has 2 aromatic heterocycles. The molecule has 0 aromatic carbocycles. The van der Waals surface area contributed by atoms with Crippen LogP contribution in [0.4, 0.5) is 0 Å². The van der Waals surface area contributed by atoms with Gasteiger partial charge in [0, 0.05) is 6.04 Å². The van der Waals surface area contributed by atoms with E-state index in [1.54, 1.807) is 18.4 Å². The lowest BCUT2D eigenvalue weighted by Crippen LogP contribution is -2.44. The van der Waals surface area contributed by atoms with Crippen LogP contribution in [-0.2, 0) is 4.79 Å². The quantitative estimate of drug-likeness (QED) is 0.844. The van der Waals surface area contributed by atoms with Gasteiger partial charge in [0.05, 0.1) is 12.0 Å². The number of thioether (sulfide) groups is 1. The molecule has 1 N–H and O–H groups in total. The minimum absolute atomic E-state index is 0.0127. The third kappa shape index (κ3) is 3.96. The highest BCUT2D eigenvalue weighted by Crippen LogP contribution is 2.29. The van der Waals surface area contributed by atoms with Crippen LogP contribution in [0, 0.1) is 11.8 Å². The number of nitrogens with one attached hydrogen (secondary N) is 1. The molecule has 6 nitrogen and oxygen atoms in total. The van der Waals surface area contributed by atoms with Crippen molar-refractivity contribution in [2.45, 2.75) is 44.4 Å². The summed E-state index contributed by atoms with van der Waals surface area (Å²) in [6.45, 7) is 4.47. The normalized spacial score (nSPS) is 24.5. The Morgan fingerprint density at radius 2 is 2.26 bits per heavy atom. The van der Waals surface area contributed by atoms with Crippen LogP contribution >= 0.6 is 11.8 Å². The van der Waals surface area contributed by atoms with Crippen LogP contribution in [0.3, 0.4) is 0 Å². The number of rotatable bonds is 5. The van der Waals surface area contributed by atoms with E-state index in [2.05, 4.69) is 29.4 Å². The number of nitrogens with zero attached hydrogens (tertiary/aromatic N) is 2. The highest BCUT2D eigenvalue weighted by atomic mass is 32.2. The van der Waals surface area contributed by atoms with Crippen LogP contribution in [0.5, 0.6) is 0 Å². The molecule has 0 aliphatic heterocycles. The monoisotopic (exact) mass is 335 g/mol. The summed E-state index contributed by atoms with van der Waals surface area (Å²) >= 11 is 1.24. The molecular weight excluding hydrogens is 314 g/mol. The summed E-state index contributed by atoms with van der Waals surface area (Å²) in [5.74, 6) is 2.32. The zero-order chi connectivity index (χ0) is 16.2. The largest absolute Gasteiger partial charge is 0.459 e. The maximum atomic E-state index is 12.1. The Morgan fingerprint density at radius 1 is 1.39 bits per heavy atom. The van der Waals surface area contributed by atoms with Crippen LogP contribution in [0.1, 0.15) is 33.1 Å². The summed E-state index contributed by atoms with van der Waals surface area (Å²) in [4.78, 5) is 12.1. The topological polar surface area (TPSA) is 81.2 Å². The lowest BCUT2D eigenvalue weighted by Gasteiger charge is -2.34. The van der Waals surface area contributed by atoms with Crippen molar-refractivity contribution >= 4 is 17.7 Å². The molecule has 3 rings (SSSR count). The summed E-state index contributed by atoms with van der Waals surface area (Å²) in [5.41, 5.74) is 0. The average Bonchev–Trinajstić information content (AvgIpc) is 3.20. The van der Waals surface area contributed by atoms with Gasteiger partial charge in [0.15, 0.2) is 5.76 Å². The third-order valence-electron chi connectivity index (χ3n) is 4.52. The number of aromatic nitrogens is 2. The van der Waals surface area contributed by atoms with E-state index >= 15 is 0 Å². The number of amides is 1. The van der Waals surface area contributed by atoms with E-state index in [1.807, 2.05) is 0 Å². The molecule has 0 saturated heterocycles. The molecule has 1 amide bonds. The zero-order valence-electron chi connectivity index (χ0n) is 13.3. The van der Waals surface area contributed by atoms with Gasteiger partial charge < -0.3 is 14.2 Å². The van der Waals surface area contributed by atoms with Gasteiger partial charge in [0.1, 0.15) is 0 Å². The molecule has 2 heterocycles. The Bertz CT molecular complexity index is 641. The summed E-state index contributed by atoms with van der Waals surface area (Å²) in [5, 5.41) is 11.3. The molecular formula is C16H21N3O3S. The predicted molar refractivity (Wildman–Crippen MR) is 86.8 cm³/mol. The first kappa shape index (κ1) is 16.1. The van der Waals surface area contributed by atoms with E-state index in [4.69, 9.17) is 8.83 Å². The van der Waals surface area contributed by atoms with Gasteiger partial charge in [0.2, 0.25) is 5.91 Å². The molecule has 23 heavy (non-hydrogen) atoms. The molecule has 0 spiro atoms. The van der Waals surface area contributed by atoms with Crippen molar-refractivity contribution in [3.8, 4) is 11.7 Å². The predicted octanol–water partition coefficient (Wildman–Crippen LogP) is 3.36. The fourth-order valence-electron chi connectivity index (χ4n) is 2.93. The number of hydrogen-bond donors (Lipinski definition) is 1. The number of hydrogen-bond acceptors (Lipinski definition) is 6. The summed E-state index contributed by atoms with van der Waals surface area (Å²) in [7, 11) is 0. The Hall–Kier alpha value is -1.76. The lowest BCUT2D eigenvalue weighted by molar-refractivity contribution is -0.120. The molecule has 3 atom stereocenters. The molecule has 124 valence electrons. The first-order valence-electron chi connectivity index (χ1n) is 7.93. The molecule has 0 bridgehead atoms.